The number of carbonyl (C=O) groups excluding carboxylic acids is 1. The van der Waals surface area contributed by atoms with Crippen LogP contribution in [0.25, 0.3) is 0 Å². The summed E-state index contributed by atoms with van der Waals surface area (Å²) in [5.74, 6) is -1.57. The van der Waals surface area contributed by atoms with Crippen LogP contribution < -0.4 is 5.32 Å². The number of carbonyl (C=O) groups is 1. The molecule has 1 N–H and O–H groups in total. The van der Waals surface area contributed by atoms with Crippen molar-refractivity contribution in [3.8, 4) is 0 Å². The molecule has 0 aliphatic carbocycles. The van der Waals surface area contributed by atoms with E-state index in [1.165, 1.54) is 12.3 Å². The van der Waals surface area contributed by atoms with E-state index in [1.807, 2.05) is 0 Å². The van der Waals surface area contributed by atoms with Gasteiger partial charge in [-0.05, 0) is 46.6 Å². The zero-order valence-corrected chi connectivity index (χ0v) is 12.3. The van der Waals surface area contributed by atoms with Gasteiger partial charge in [-0.3, -0.25) is 14.9 Å². The lowest BCUT2D eigenvalue weighted by Gasteiger charge is -2.06. The lowest BCUT2D eigenvalue weighted by molar-refractivity contribution is -0.387. The van der Waals surface area contributed by atoms with Crippen molar-refractivity contribution in [1.29, 1.82) is 0 Å². The molecule has 0 aliphatic heterocycles. The number of aromatic nitrogens is 1. The number of benzene rings is 1. The van der Waals surface area contributed by atoms with Gasteiger partial charge in [-0.15, -0.1) is 0 Å². The molecule has 0 aliphatic rings. The predicted octanol–water partition coefficient (Wildman–Crippen LogP) is 3.45. The summed E-state index contributed by atoms with van der Waals surface area (Å²) in [5.41, 5.74) is 0.502. The van der Waals surface area contributed by atoms with Crippen LogP contribution in [-0.2, 0) is 0 Å². The van der Waals surface area contributed by atoms with Crippen LogP contribution in [0.4, 0.5) is 15.8 Å². The minimum atomic E-state index is -0.988. The lowest BCUT2D eigenvalue weighted by Crippen LogP contribution is -2.13. The molecule has 0 fully saturated rings. The van der Waals surface area contributed by atoms with E-state index >= 15 is 0 Å². The van der Waals surface area contributed by atoms with E-state index < -0.39 is 22.3 Å². The van der Waals surface area contributed by atoms with Gasteiger partial charge >= 0.3 is 5.69 Å². The number of pyridine rings is 1. The third-order valence-electron chi connectivity index (χ3n) is 2.68. The van der Waals surface area contributed by atoms with E-state index in [1.54, 1.807) is 13.0 Å². The summed E-state index contributed by atoms with van der Waals surface area (Å²) < 4.78 is 13.9. The summed E-state index contributed by atoms with van der Waals surface area (Å²) >= 11 is 3.23. The van der Waals surface area contributed by atoms with E-state index in [9.17, 15) is 19.3 Å². The number of hydrogen-bond donors (Lipinski definition) is 1. The molecule has 0 bridgehead atoms. The third-order valence-corrected chi connectivity index (χ3v) is 3.51. The predicted molar refractivity (Wildman–Crippen MR) is 77.7 cm³/mol. The van der Waals surface area contributed by atoms with Gasteiger partial charge in [0.15, 0.2) is 0 Å². The Kier molecular flexibility index (Phi) is 4.27. The van der Waals surface area contributed by atoms with Crippen molar-refractivity contribution in [2.75, 3.05) is 5.32 Å². The largest absolute Gasteiger partial charge is 0.321 e. The van der Waals surface area contributed by atoms with Gasteiger partial charge in [0.2, 0.25) is 5.82 Å². The standard InChI is InChI=1S/C13H9BrFN3O3/c1-7-4-9(6-16-12(7)14)17-13(19)8-2-3-10(15)11(5-8)18(20)21/h2-6H,1H3,(H,17,19). The zero-order valence-electron chi connectivity index (χ0n) is 10.8. The van der Waals surface area contributed by atoms with Gasteiger partial charge in [0.1, 0.15) is 4.60 Å². The fourth-order valence-electron chi connectivity index (χ4n) is 1.62. The van der Waals surface area contributed by atoms with Crippen molar-refractivity contribution in [3.05, 3.63) is 62.1 Å². The van der Waals surface area contributed by atoms with E-state index in [2.05, 4.69) is 26.2 Å². The summed E-state index contributed by atoms with van der Waals surface area (Å²) in [5, 5.41) is 13.2. The van der Waals surface area contributed by atoms with Crippen molar-refractivity contribution in [3.63, 3.8) is 0 Å². The molecule has 1 aromatic heterocycles. The molecule has 1 heterocycles. The number of amides is 1. The zero-order chi connectivity index (χ0) is 15.6. The van der Waals surface area contributed by atoms with E-state index in [4.69, 9.17) is 0 Å². The molecule has 2 rings (SSSR count). The average molecular weight is 354 g/mol. The maximum atomic E-state index is 13.2. The molecule has 0 spiro atoms. The topological polar surface area (TPSA) is 85.1 Å². The van der Waals surface area contributed by atoms with Crippen molar-refractivity contribution < 1.29 is 14.1 Å². The van der Waals surface area contributed by atoms with Crippen LogP contribution in [0.2, 0.25) is 0 Å². The third kappa shape index (κ3) is 3.40. The van der Waals surface area contributed by atoms with Crippen molar-refractivity contribution in [2.24, 2.45) is 0 Å². The highest BCUT2D eigenvalue weighted by Gasteiger charge is 2.17. The van der Waals surface area contributed by atoms with Crippen molar-refractivity contribution in [1.82, 2.24) is 4.98 Å². The number of nitrogens with one attached hydrogen (secondary N) is 1. The summed E-state index contributed by atoms with van der Waals surface area (Å²) in [4.78, 5) is 25.8. The number of hydrogen-bond acceptors (Lipinski definition) is 4. The lowest BCUT2D eigenvalue weighted by atomic mass is 10.1. The minimum Gasteiger partial charge on any atom is -0.321 e. The van der Waals surface area contributed by atoms with Gasteiger partial charge < -0.3 is 5.32 Å². The molecule has 6 nitrogen and oxygen atoms in total. The maximum Gasteiger partial charge on any atom is 0.305 e. The van der Waals surface area contributed by atoms with Crippen LogP contribution in [0.1, 0.15) is 15.9 Å². The van der Waals surface area contributed by atoms with Gasteiger partial charge in [0.25, 0.3) is 5.91 Å². The Hall–Kier alpha value is -2.35. The first-order valence-electron chi connectivity index (χ1n) is 5.76. The second-order valence-electron chi connectivity index (χ2n) is 4.21. The molecule has 108 valence electrons. The van der Waals surface area contributed by atoms with Crippen molar-refractivity contribution in [2.45, 2.75) is 6.92 Å². The Morgan fingerprint density at radius 1 is 1.43 bits per heavy atom. The Balaban J connectivity index is 2.26. The number of halogens is 2. The summed E-state index contributed by atoms with van der Waals surface area (Å²) in [6.45, 7) is 1.80. The highest BCUT2D eigenvalue weighted by Crippen LogP contribution is 2.20. The van der Waals surface area contributed by atoms with Crippen LogP contribution in [0.5, 0.6) is 0 Å². The Labute approximate surface area is 127 Å². The number of anilines is 1. The second-order valence-corrected chi connectivity index (χ2v) is 4.96. The maximum absolute atomic E-state index is 13.2. The Bertz CT molecular complexity index is 737. The number of nitro benzene ring substituents is 1. The van der Waals surface area contributed by atoms with Gasteiger partial charge in [0, 0.05) is 11.6 Å². The molecule has 8 heteroatoms. The highest BCUT2D eigenvalue weighted by molar-refractivity contribution is 9.10. The number of nitrogens with zero attached hydrogens (tertiary/aromatic N) is 2. The average Bonchev–Trinajstić information content (AvgIpc) is 2.43. The smallest absolute Gasteiger partial charge is 0.305 e. The van der Waals surface area contributed by atoms with Crippen LogP contribution in [0, 0.1) is 22.9 Å². The number of nitro groups is 1. The van der Waals surface area contributed by atoms with Crippen LogP contribution in [-0.4, -0.2) is 15.8 Å². The highest BCUT2D eigenvalue weighted by atomic mass is 79.9. The molecule has 0 saturated carbocycles. The van der Waals surface area contributed by atoms with Gasteiger partial charge in [-0.2, -0.15) is 4.39 Å². The molecule has 0 radical (unpaired) electrons. The fraction of sp³-hybridized carbons (Fsp3) is 0.0769. The van der Waals surface area contributed by atoms with E-state index in [-0.39, 0.29) is 5.56 Å². The molecule has 0 saturated heterocycles. The van der Waals surface area contributed by atoms with Gasteiger partial charge in [-0.1, -0.05) is 0 Å². The van der Waals surface area contributed by atoms with E-state index in [0.29, 0.717) is 10.3 Å². The first kappa shape index (κ1) is 15.0. The quantitative estimate of drug-likeness (QED) is 0.520. The van der Waals surface area contributed by atoms with Gasteiger partial charge in [-0.25, -0.2) is 4.98 Å². The Morgan fingerprint density at radius 3 is 2.76 bits per heavy atom. The summed E-state index contributed by atoms with van der Waals surface area (Å²) in [7, 11) is 0. The van der Waals surface area contributed by atoms with Crippen LogP contribution in [0.15, 0.2) is 35.1 Å². The minimum absolute atomic E-state index is 0.0105. The van der Waals surface area contributed by atoms with Crippen LogP contribution >= 0.6 is 15.9 Å². The van der Waals surface area contributed by atoms with Gasteiger partial charge in [0.05, 0.1) is 16.8 Å². The van der Waals surface area contributed by atoms with Crippen LogP contribution in [0.3, 0.4) is 0 Å². The second kappa shape index (κ2) is 5.96. The molecule has 1 amide bonds. The molecular formula is C13H9BrFN3O3. The molecular weight excluding hydrogens is 345 g/mol. The van der Waals surface area contributed by atoms with E-state index in [0.717, 1.165) is 17.7 Å². The first-order valence-corrected chi connectivity index (χ1v) is 6.55. The molecule has 0 atom stereocenters. The Morgan fingerprint density at radius 2 is 2.14 bits per heavy atom. The molecule has 0 unspecified atom stereocenters. The fourth-order valence-corrected chi connectivity index (χ4v) is 1.84. The number of aryl methyl sites for hydroxylation is 1. The number of rotatable bonds is 3. The normalized spacial score (nSPS) is 10.2. The SMILES string of the molecule is Cc1cc(NC(=O)c2ccc(F)c([N+](=O)[O-])c2)cnc1Br. The molecule has 1 aromatic carbocycles. The summed E-state index contributed by atoms with van der Waals surface area (Å²) in [6, 6.07) is 4.64. The summed E-state index contributed by atoms with van der Waals surface area (Å²) in [6.07, 6.45) is 1.44. The first-order chi connectivity index (χ1) is 9.88. The van der Waals surface area contributed by atoms with Crippen molar-refractivity contribution >= 4 is 33.2 Å². The molecule has 2 aromatic rings. The molecule has 21 heavy (non-hydrogen) atoms. The monoisotopic (exact) mass is 353 g/mol.